The molecule has 0 atom stereocenters. The molecule has 0 aliphatic carbocycles. The number of nitrogens with zero attached hydrogens (tertiary/aromatic N) is 1. The minimum absolute atomic E-state index is 0.0931. The van der Waals surface area contributed by atoms with Crippen molar-refractivity contribution in [3.05, 3.63) is 34.4 Å². The normalized spacial score (nSPS) is 10.8. The summed E-state index contributed by atoms with van der Waals surface area (Å²) in [5, 5.41) is 8.59. The zero-order valence-electron chi connectivity index (χ0n) is 8.71. The molecule has 1 rings (SSSR count). The monoisotopic (exact) mass is 275 g/mol. The molecule has 0 unspecified atom stereocenters. The fraction of sp³-hybridized carbons (Fsp3) is 0.182. The molecule has 0 amide bonds. The van der Waals surface area contributed by atoms with Crippen LogP contribution in [0.4, 0.5) is 13.2 Å². The topological polar surface area (TPSA) is 57.9 Å². The molecule has 0 spiro atoms. The van der Waals surface area contributed by atoms with Gasteiger partial charge in [-0.05, 0) is 12.1 Å². The number of benzene rings is 1. The van der Waals surface area contributed by atoms with E-state index in [4.69, 9.17) is 16.9 Å². The second-order valence-corrected chi connectivity index (χ2v) is 3.54. The zero-order valence-corrected chi connectivity index (χ0v) is 9.47. The Kier molecular flexibility index (Phi) is 4.09. The van der Waals surface area contributed by atoms with Gasteiger partial charge in [0.05, 0.1) is 23.1 Å². The Morgan fingerprint density at radius 3 is 2.44 bits per heavy atom. The Bertz CT molecular complexity index is 546. The molecule has 1 aromatic rings. The second-order valence-electron chi connectivity index (χ2n) is 3.27. The van der Waals surface area contributed by atoms with Crippen molar-refractivity contribution in [1.82, 2.24) is 0 Å². The highest BCUT2D eigenvalue weighted by Crippen LogP contribution is 2.34. The maximum absolute atomic E-state index is 12.8. The van der Waals surface area contributed by atoms with Crippen molar-refractivity contribution < 1.29 is 22.8 Å². The number of rotatable bonds is 3. The molecule has 7 heteroatoms. The SMILES string of the molecule is N#Cc1cc(C=O)c(C(=O)CCl)c(C(F)(F)F)c1. The van der Waals surface area contributed by atoms with Crippen molar-refractivity contribution in [2.45, 2.75) is 6.18 Å². The highest BCUT2D eigenvalue weighted by molar-refractivity contribution is 6.31. The second kappa shape index (κ2) is 5.19. The predicted octanol–water partition coefficient (Wildman–Crippen LogP) is 2.81. The zero-order chi connectivity index (χ0) is 13.9. The van der Waals surface area contributed by atoms with Crippen molar-refractivity contribution in [3.63, 3.8) is 0 Å². The first kappa shape index (κ1) is 14.2. The first-order chi connectivity index (χ1) is 8.35. The number of hydrogen-bond acceptors (Lipinski definition) is 3. The fourth-order valence-corrected chi connectivity index (χ4v) is 1.56. The molecule has 3 nitrogen and oxygen atoms in total. The maximum atomic E-state index is 12.8. The molecular formula is C11H5ClF3NO2. The number of alkyl halides is 4. The van der Waals surface area contributed by atoms with Gasteiger partial charge in [-0.3, -0.25) is 9.59 Å². The predicted molar refractivity (Wildman–Crippen MR) is 56.6 cm³/mol. The largest absolute Gasteiger partial charge is 0.417 e. The summed E-state index contributed by atoms with van der Waals surface area (Å²) in [6, 6.07) is 2.93. The molecule has 0 saturated carbocycles. The van der Waals surface area contributed by atoms with Gasteiger partial charge in [-0.15, -0.1) is 11.6 Å². The van der Waals surface area contributed by atoms with E-state index in [0.29, 0.717) is 6.07 Å². The molecule has 0 aliphatic rings. The average molecular weight is 276 g/mol. The van der Waals surface area contributed by atoms with E-state index in [0.717, 1.165) is 6.07 Å². The van der Waals surface area contributed by atoms with Gasteiger partial charge in [-0.2, -0.15) is 18.4 Å². The van der Waals surface area contributed by atoms with Gasteiger partial charge in [0.1, 0.15) is 0 Å². The highest BCUT2D eigenvalue weighted by Gasteiger charge is 2.36. The number of Topliss-reactive ketones (excluding diaryl/α,β-unsaturated/α-hetero) is 1. The lowest BCUT2D eigenvalue weighted by atomic mass is 9.95. The third-order valence-electron chi connectivity index (χ3n) is 2.13. The van der Waals surface area contributed by atoms with Crippen molar-refractivity contribution in [2.24, 2.45) is 0 Å². The van der Waals surface area contributed by atoms with Crippen LogP contribution < -0.4 is 0 Å². The summed E-state index contributed by atoms with van der Waals surface area (Å²) in [6.07, 6.45) is -4.75. The van der Waals surface area contributed by atoms with Gasteiger partial charge in [0.15, 0.2) is 12.1 Å². The minimum atomic E-state index is -4.85. The Balaban J connectivity index is 3.70. The smallest absolute Gasteiger partial charge is 0.298 e. The van der Waals surface area contributed by atoms with Gasteiger partial charge in [-0.1, -0.05) is 0 Å². The first-order valence-corrected chi connectivity index (χ1v) is 5.08. The minimum Gasteiger partial charge on any atom is -0.298 e. The quantitative estimate of drug-likeness (QED) is 0.484. The van der Waals surface area contributed by atoms with Gasteiger partial charge in [0.2, 0.25) is 0 Å². The number of ketones is 1. The molecule has 0 saturated heterocycles. The van der Waals surface area contributed by atoms with Crippen LogP contribution in [-0.4, -0.2) is 17.9 Å². The van der Waals surface area contributed by atoms with Crippen LogP contribution in [0.5, 0.6) is 0 Å². The molecular weight excluding hydrogens is 271 g/mol. The van der Waals surface area contributed by atoms with Crippen LogP contribution in [0, 0.1) is 11.3 Å². The van der Waals surface area contributed by atoms with E-state index in [1.807, 2.05) is 0 Å². The van der Waals surface area contributed by atoms with Crippen LogP contribution in [0.3, 0.4) is 0 Å². The number of hydrogen-bond donors (Lipinski definition) is 0. The Morgan fingerprint density at radius 1 is 1.44 bits per heavy atom. The average Bonchev–Trinajstić information content (AvgIpc) is 2.34. The van der Waals surface area contributed by atoms with Gasteiger partial charge in [0.25, 0.3) is 0 Å². The van der Waals surface area contributed by atoms with Gasteiger partial charge in [-0.25, -0.2) is 0 Å². The van der Waals surface area contributed by atoms with Crippen LogP contribution in [0.2, 0.25) is 0 Å². The summed E-state index contributed by atoms with van der Waals surface area (Å²) in [7, 11) is 0. The van der Waals surface area contributed by atoms with Crippen LogP contribution in [0.25, 0.3) is 0 Å². The lowest BCUT2D eigenvalue weighted by molar-refractivity contribution is -0.137. The van der Waals surface area contributed by atoms with E-state index in [-0.39, 0.29) is 11.8 Å². The summed E-state index contributed by atoms with van der Waals surface area (Å²) in [4.78, 5) is 22.1. The Morgan fingerprint density at radius 2 is 2.06 bits per heavy atom. The number of halogens is 4. The highest BCUT2D eigenvalue weighted by atomic mass is 35.5. The first-order valence-electron chi connectivity index (χ1n) is 4.54. The van der Waals surface area contributed by atoms with Crippen LogP contribution in [0.1, 0.15) is 31.8 Å². The van der Waals surface area contributed by atoms with Gasteiger partial charge < -0.3 is 0 Å². The number of carbonyl (C=O) groups excluding carboxylic acids is 2. The number of carbonyl (C=O) groups is 2. The standard InChI is InChI=1S/C11H5ClF3NO2/c12-3-9(18)10-7(5-17)1-6(4-16)2-8(10)11(13,14)15/h1-2,5H,3H2. The summed E-state index contributed by atoms with van der Waals surface area (Å²) in [5.41, 5.74) is -2.97. The van der Waals surface area contributed by atoms with Gasteiger partial charge >= 0.3 is 6.18 Å². The molecule has 0 heterocycles. The molecule has 18 heavy (non-hydrogen) atoms. The third kappa shape index (κ3) is 2.68. The summed E-state index contributed by atoms with van der Waals surface area (Å²) in [6.45, 7) is 0. The molecule has 1 aromatic carbocycles. The van der Waals surface area contributed by atoms with E-state index in [1.165, 1.54) is 6.07 Å². The third-order valence-corrected chi connectivity index (χ3v) is 2.37. The summed E-state index contributed by atoms with van der Waals surface area (Å²) < 4.78 is 38.3. The molecule has 0 fully saturated rings. The summed E-state index contributed by atoms with van der Waals surface area (Å²) >= 11 is 5.21. The van der Waals surface area contributed by atoms with Crippen molar-refractivity contribution in [2.75, 3.05) is 5.88 Å². The molecule has 0 N–H and O–H groups in total. The van der Waals surface area contributed by atoms with E-state index in [9.17, 15) is 22.8 Å². The molecule has 0 bridgehead atoms. The fourth-order valence-electron chi connectivity index (χ4n) is 1.42. The Labute approximate surface area is 105 Å². The van der Waals surface area contributed by atoms with E-state index in [1.54, 1.807) is 0 Å². The van der Waals surface area contributed by atoms with Gasteiger partial charge in [0, 0.05) is 11.1 Å². The van der Waals surface area contributed by atoms with Crippen molar-refractivity contribution >= 4 is 23.7 Å². The lowest BCUT2D eigenvalue weighted by Gasteiger charge is -2.13. The molecule has 0 aromatic heterocycles. The number of aldehydes is 1. The van der Waals surface area contributed by atoms with Crippen LogP contribution in [0.15, 0.2) is 12.1 Å². The molecule has 0 aliphatic heterocycles. The Hall–Kier alpha value is -1.87. The lowest BCUT2D eigenvalue weighted by Crippen LogP contribution is -2.17. The van der Waals surface area contributed by atoms with Crippen molar-refractivity contribution in [3.8, 4) is 6.07 Å². The van der Waals surface area contributed by atoms with E-state index < -0.39 is 34.5 Å². The number of nitriles is 1. The van der Waals surface area contributed by atoms with Crippen LogP contribution in [-0.2, 0) is 6.18 Å². The van der Waals surface area contributed by atoms with E-state index >= 15 is 0 Å². The summed E-state index contributed by atoms with van der Waals surface area (Å²) in [5.74, 6) is -1.70. The maximum Gasteiger partial charge on any atom is 0.417 e. The molecule has 0 radical (unpaired) electrons. The van der Waals surface area contributed by atoms with Crippen LogP contribution >= 0.6 is 11.6 Å². The van der Waals surface area contributed by atoms with E-state index in [2.05, 4.69) is 0 Å². The van der Waals surface area contributed by atoms with Crippen molar-refractivity contribution in [1.29, 1.82) is 5.26 Å². The molecule has 94 valence electrons.